The Morgan fingerprint density at radius 2 is 1.70 bits per heavy atom. The van der Waals surface area contributed by atoms with E-state index in [1.807, 2.05) is 37.4 Å². The maximum absolute atomic E-state index is 13.1. The van der Waals surface area contributed by atoms with E-state index in [1.54, 1.807) is 11.9 Å². The van der Waals surface area contributed by atoms with Crippen molar-refractivity contribution in [3.63, 3.8) is 0 Å². The lowest BCUT2D eigenvalue weighted by atomic mass is 9.80. The molecule has 1 atom stereocenters. The Morgan fingerprint density at radius 3 is 2.26 bits per heavy atom. The number of hydrogen-bond acceptors (Lipinski definition) is 2. The molecule has 0 saturated carbocycles. The lowest BCUT2D eigenvalue weighted by Crippen LogP contribution is -2.56. The lowest BCUT2D eigenvalue weighted by molar-refractivity contribution is -0.137. The van der Waals surface area contributed by atoms with E-state index in [0.29, 0.717) is 6.54 Å². The van der Waals surface area contributed by atoms with Crippen LogP contribution in [-0.4, -0.2) is 42.9 Å². The molecule has 1 aliphatic rings. The first-order valence-corrected chi connectivity index (χ1v) is 8.93. The second-order valence-electron chi connectivity index (χ2n) is 7.18. The number of piperidine rings is 1. The molecule has 144 valence electrons. The first-order chi connectivity index (χ1) is 12.7. The van der Waals surface area contributed by atoms with E-state index in [1.165, 1.54) is 12.1 Å². The standard InChI is InChI=1S/C21H23F3N2O/c1-25-14-6-13-20(15-25,17-7-4-3-5-8-17)26(2)19(27)16-9-11-18(12-10-16)21(22,23)24/h3-5,7-12H,6,13-15H2,1-2H3. The molecule has 1 saturated heterocycles. The summed E-state index contributed by atoms with van der Waals surface area (Å²) in [5.74, 6) is -0.275. The lowest BCUT2D eigenvalue weighted by Gasteiger charge is -2.48. The molecule has 3 rings (SSSR count). The fourth-order valence-corrected chi connectivity index (χ4v) is 3.89. The molecule has 1 unspecified atom stereocenters. The third-order valence-electron chi connectivity index (χ3n) is 5.38. The van der Waals surface area contributed by atoms with Crippen LogP contribution in [0.4, 0.5) is 13.2 Å². The molecular weight excluding hydrogens is 353 g/mol. The van der Waals surface area contributed by atoms with Crippen LogP contribution in [0.1, 0.15) is 34.3 Å². The molecular formula is C21H23F3N2O. The molecule has 0 aliphatic carbocycles. The van der Waals surface area contributed by atoms with E-state index in [4.69, 9.17) is 0 Å². The molecule has 2 aromatic carbocycles. The van der Waals surface area contributed by atoms with Crippen molar-refractivity contribution in [2.24, 2.45) is 0 Å². The highest BCUT2D eigenvalue weighted by Crippen LogP contribution is 2.37. The second-order valence-corrected chi connectivity index (χ2v) is 7.18. The zero-order valence-electron chi connectivity index (χ0n) is 15.5. The molecule has 1 heterocycles. The normalized spacial score (nSPS) is 21.1. The number of nitrogens with zero attached hydrogens (tertiary/aromatic N) is 2. The maximum atomic E-state index is 13.1. The van der Waals surface area contributed by atoms with Gasteiger partial charge < -0.3 is 9.80 Å². The van der Waals surface area contributed by atoms with Crippen LogP contribution >= 0.6 is 0 Å². The predicted octanol–water partition coefficient (Wildman–Crippen LogP) is 4.40. The zero-order valence-corrected chi connectivity index (χ0v) is 15.5. The monoisotopic (exact) mass is 376 g/mol. The molecule has 3 nitrogen and oxygen atoms in total. The first-order valence-electron chi connectivity index (χ1n) is 8.93. The van der Waals surface area contributed by atoms with Crippen LogP contribution in [0.3, 0.4) is 0 Å². The number of halogens is 3. The van der Waals surface area contributed by atoms with E-state index in [-0.39, 0.29) is 11.5 Å². The Hall–Kier alpha value is -2.34. The minimum atomic E-state index is -4.41. The van der Waals surface area contributed by atoms with Crippen molar-refractivity contribution in [3.8, 4) is 0 Å². The molecule has 0 radical (unpaired) electrons. The highest BCUT2D eigenvalue weighted by molar-refractivity contribution is 5.94. The highest BCUT2D eigenvalue weighted by atomic mass is 19.4. The molecule has 27 heavy (non-hydrogen) atoms. The summed E-state index contributed by atoms with van der Waals surface area (Å²) in [6, 6.07) is 14.3. The second kappa shape index (κ2) is 7.35. The van der Waals surface area contributed by atoms with Gasteiger partial charge in [-0.25, -0.2) is 0 Å². The number of alkyl halides is 3. The van der Waals surface area contributed by atoms with Gasteiger partial charge in [-0.05, 0) is 56.3 Å². The van der Waals surface area contributed by atoms with Crippen LogP contribution in [0.5, 0.6) is 0 Å². The Kier molecular flexibility index (Phi) is 5.29. The van der Waals surface area contributed by atoms with Crippen LogP contribution in [0.15, 0.2) is 54.6 Å². The van der Waals surface area contributed by atoms with E-state index in [0.717, 1.165) is 37.1 Å². The van der Waals surface area contributed by atoms with Gasteiger partial charge in [0.1, 0.15) is 0 Å². The van der Waals surface area contributed by atoms with Gasteiger partial charge in [-0.15, -0.1) is 0 Å². The van der Waals surface area contributed by atoms with Crippen LogP contribution < -0.4 is 0 Å². The number of amides is 1. The molecule has 0 N–H and O–H groups in total. The fourth-order valence-electron chi connectivity index (χ4n) is 3.89. The average Bonchev–Trinajstić information content (AvgIpc) is 2.67. The molecule has 0 spiro atoms. The third-order valence-corrected chi connectivity index (χ3v) is 5.38. The molecule has 6 heteroatoms. The maximum Gasteiger partial charge on any atom is 0.416 e. The summed E-state index contributed by atoms with van der Waals surface area (Å²) in [6.45, 7) is 1.64. The number of carbonyl (C=O) groups is 1. The van der Waals surface area contributed by atoms with Crippen molar-refractivity contribution < 1.29 is 18.0 Å². The van der Waals surface area contributed by atoms with Gasteiger partial charge in [0, 0.05) is 19.2 Å². The van der Waals surface area contributed by atoms with E-state index >= 15 is 0 Å². The van der Waals surface area contributed by atoms with Crippen LogP contribution in [-0.2, 0) is 11.7 Å². The van der Waals surface area contributed by atoms with E-state index in [2.05, 4.69) is 4.90 Å². The molecule has 1 amide bonds. The summed E-state index contributed by atoms with van der Waals surface area (Å²) in [5, 5.41) is 0. The average molecular weight is 376 g/mol. The van der Waals surface area contributed by atoms with Gasteiger partial charge in [-0.3, -0.25) is 4.79 Å². The van der Waals surface area contributed by atoms with Gasteiger partial charge in [-0.2, -0.15) is 13.2 Å². The third kappa shape index (κ3) is 3.86. The molecule has 0 aromatic heterocycles. The van der Waals surface area contributed by atoms with Gasteiger partial charge >= 0.3 is 6.18 Å². The quantitative estimate of drug-likeness (QED) is 0.793. The van der Waals surface area contributed by atoms with Gasteiger partial charge in [0.2, 0.25) is 0 Å². The molecule has 2 aromatic rings. The number of hydrogen-bond donors (Lipinski definition) is 0. The predicted molar refractivity (Wildman–Crippen MR) is 98.4 cm³/mol. The first kappa shape index (κ1) is 19.4. The number of rotatable bonds is 3. The minimum absolute atomic E-state index is 0.258. The Morgan fingerprint density at radius 1 is 1.07 bits per heavy atom. The summed E-state index contributed by atoms with van der Waals surface area (Å²) in [7, 11) is 3.76. The summed E-state index contributed by atoms with van der Waals surface area (Å²) in [6.07, 6.45) is -2.66. The number of benzene rings is 2. The SMILES string of the molecule is CN1CCCC(c2ccccc2)(N(C)C(=O)c2ccc(C(F)(F)F)cc2)C1. The van der Waals surface area contributed by atoms with Gasteiger partial charge in [0.05, 0.1) is 11.1 Å². The summed E-state index contributed by atoms with van der Waals surface area (Å²) in [4.78, 5) is 17.0. The Bertz CT molecular complexity index is 789. The highest BCUT2D eigenvalue weighted by Gasteiger charge is 2.42. The van der Waals surface area contributed by atoms with Gasteiger partial charge in [-0.1, -0.05) is 30.3 Å². The summed E-state index contributed by atoms with van der Waals surface area (Å²) < 4.78 is 38.4. The van der Waals surface area contributed by atoms with Gasteiger partial charge in [0.15, 0.2) is 0 Å². The number of likely N-dealkylation sites (tertiary alicyclic amines) is 1. The van der Waals surface area contributed by atoms with E-state index < -0.39 is 17.3 Å². The fraction of sp³-hybridized carbons (Fsp3) is 0.381. The van der Waals surface area contributed by atoms with E-state index in [9.17, 15) is 18.0 Å². The summed E-state index contributed by atoms with van der Waals surface area (Å²) in [5.41, 5.74) is 0.0406. The minimum Gasteiger partial charge on any atom is -0.331 e. The van der Waals surface area contributed by atoms with Crippen molar-refractivity contribution in [3.05, 3.63) is 71.3 Å². The van der Waals surface area contributed by atoms with Gasteiger partial charge in [0.25, 0.3) is 5.91 Å². The van der Waals surface area contributed by atoms with Crippen LogP contribution in [0, 0.1) is 0 Å². The van der Waals surface area contributed by atoms with Crippen molar-refractivity contribution in [2.45, 2.75) is 24.6 Å². The van der Waals surface area contributed by atoms with Crippen LogP contribution in [0.25, 0.3) is 0 Å². The Labute approximate surface area is 157 Å². The van der Waals surface area contributed by atoms with Crippen molar-refractivity contribution >= 4 is 5.91 Å². The van der Waals surface area contributed by atoms with Crippen molar-refractivity contribution in [2.75, 3.05) is 27.2 Å². The largest absolute Gasteiger partial charge is 0.416 e. The summed E-state index contributed by atoms with van der Waals surface area (Å²) >= 11 is 0. The Balaban J connectivity index is 1.94. The topological polar surface area (TPSA) is 23.6 Å². The molecule has 1 aliphatic heterocycles. The molecule has 0 bridgehead atoms. The number of carbonyl (C=O) groups excluding carboxylic acids is 1. The molecule has 1 fully saturated rings. The zero-order chi connectivity index (χ0) is 19.7. The van der Waals surface area contributed by atoms with Crippen molar-refractivity contribution in [1.82, 2.24) is 9.80 Å². The van der Waals surface area contributed by atoms with Crippen molar-refractivity contribution in [1.29, 1.82) is 0 Å². The number of likely N-dealkylation sites (N-methyl/N-ethyl adjacent to an activating group) is 2. The smallest absolute Gasteiger partial charge is 0.331 e. The van der Waals surface area contributed by atoms with Crippen LogP contribution in [0.2, 0.25) is 0 Å².